The van der Waals surface area contributed by atoms with E-state index in [0.717, 1.165) is 0 Å². The summed E-state index contributed by atoms with van der Waals surface area (Å²) in [4.78, 5) is 13.9. The summed E-state index contributed by atoms with van der Waals surface area (Å²) in [5.74, 6) is -1.38. The van der Waals surface area contributed by atoms with Gasteiger partial charge in [-0.05, 0) is 19.0 Å². The third-order valence-corrected chi connectivity index (χ3v) is 1.20. The van der Waals surface area contributed by atoms with E-state index < -0.39 is 5.97 Å². The Bertz CT molecular complexity index is 294. The fourth-order valence-corrected chi connectivity index (χ4v) is 0.638. The molecule has 6 heteroatoms. The Balaban J connectivity index is 2.54. The zero-order chi connectivity index (χ0) is 9.84. The van der Waals surface area contributed by atoms with Crippen LogP contribution in [-0.4, -0.2) is 27.3 Å². The number of ether oxygens (including phenoxy) is 1. The predicted octanol–water partition coefficient (Wildman–Crippen LogP) is 0.693. The van der Waals surface area contributed by atoms with E-state index in [0.29, 0.717) is 0 Å². The van der Waals surface area contributed by atoms with Crippen molar-refractivity contribution < 1.29 is 19.2 Å². The largest absolute Gasteiger partial charge is 0.475 e. The first-order valence-electron chi connectivity index (χ1n) is 3.77. The van der Waals surface area contributed by atoms with Crippen LogP contribution in [0.25, 0.3) is 0 Å². The van der Waals surface area contributed by atoms with Crippen LogP contribution in [0.3, 0.4) is 0 Å². The van der Waals surface area contributed by atoms with E-state index in [9.17, 15) is 4.79 Å². The number of carbonyl (C=O) groups is 1. The van der Waals surface area contributed by atoms with Crippen molar-refractivity contribution in [1.29, 1.82) is 0 Å². The lowest BCUT2D eigenvalue weighted by Crippen LogP contribution is -2.03. The average Bonchev–Trinajstić information content (AvgIpc) is 2.48. The Morgan fingerprint density at radius 2 is 2.38 bits per heavy atom. The van der Waals surface area contributed by atoms with Crippen LogP contribution in [0.1, 0.15) is 30.4 Å². The molecule has 1 rings (SSSR count). The van der Waals surface area contributed by atoms with Gasteiger partial charge >= 0.3 is 5.97 Å². The maximum Gasteiger partial charge on any atom is 0.377 e. The predicted molar refractivity (Wildman–Crippen MR) is 41.2 cm³/mol. The molecule has 0 radical (unpaired) electrons. The molecule has 0 aliphatic heterocycles. The number of carboxylic acid groups (broad SMARTS) is 1. The summed E-state index contributed by atoms with van der Waals surface area (Å²) in [6.07, 6.45) is 0.0418. The van der Waals surface area contributed by atoms with Crippen LogP contribution in [0.5, 0.6) is 0 Å². The molecule has 13 heavy (non-hydrogen) atoms. The molecule has 6 nitrogen and oxygen atoms in total. The minimum Gasteiger partial charge on any atom is -0.475 e. The van der Waals surface area contributed by atoms with Gasteiger partial charge in [-0.25, -0.2) is 4.79 Å². The average molecular weight is 186 g/mol. The van der Waals surface area contributed by atoms with Crippen molar-refractivity contribution in [3.8, 4) is 0 Å². The van der Waals surface area contributed by atoms with Crippen molar-refractivity contribution in [2.75, 3.05) is 0 Å². The highest BCUT2D eigenvalue weighted by Crippen LogP contribution is 2.01. The van der Waals surface area contributed by atoms with E-state index in [-0.39, 0.29) is 24.4 Å². The van der Waals surface area contributed by atoms with Crippen LogP contribution >= 0.6 is 0 Å². The third kappa shape index (κ3) is 2.83. The second kappa shape index (κ2) is 3.99. The molecule has 1 heterocycles. The standard InChI is InChI=1S/C7H10N2O4/c1-4(2)12-3-5-8-6(7(10)11)9-13-5/h4H,3H2,1-2H3,(H,10,11). The minimum atomic E-state index is -1.21. The van der Waals surface area contributed by atoms with Crippen LogP contribution in [0.15, 0.2) is 4.52 Å². The first-order valence-corrected chi connectivity index (χ1v) is 3.77. The van der Waals surface area contributed by atoms with Gasteiger partial charge < -0.3 is 14.4 Å². The van der Waals surface area contributed by atoms with E-state index in [1.165, 1.54) is 0 Å². The monoisotopic (exact) mass is 186 g/mol. The quantitative estimate of drug-likeness (QED) is 0.744. The lowest BCUT2D eigenvalue weighted by atomic mass is 10.5. The van der Waals surface area contributed by atoms with Crippen LogP contribution in [0, 0.1) is 0 Å². The van der Waals surface area contributed by atoms with E-state index in [4.69, 9.17) is 9.84 Å². The number of nitrogens with zero attached hydrogens (tertiary/aromatic N) is 2. The Kier molecular flexibility index (Phi) is 2.97. The first-order chi connectivity index (χ1) is 6.09. The number of aromatic nitrogens is 2. The summed E-state index contributed by atoms with van der Waals surface area (Å²) in [6.45, 7) is 3.85. The normalized spacial score (nSPS) is 10.7. The second-order valence-corrected chi connectivity index (χ2v) is 2.68. The third-order valence-electron chi connectivity index (χ3n) is 1.20. The molecule has 0 fully saturated rings. The molecule has 0 bridgehead atoms. The molecule has 72 valence electrons. The van der Waals surface area contributed by atoms with Gasteiger partial charge in [0.15, 0.2) is 0 Å². The van der Waals surface area contributed by atoms with Crippen molar-refractivity contribution in [2.24, 2.45) is 0 Å². The van der Waals surface area contributed by atoms with Crippen LogP contribution in [0.4, 0.5) is 0 Å². The van der Waals surface area contributed by atoms with Gasteiger partial charge in [-0.15, -0.1) is 0 Å². The van der Waals surface area contributed by atoms with Gasteiger partial charge in [0.25, 0.3) is 11.7 Å². The van der Waals surface area contributed by atoms with E-state index in [2.05, 4.69) is 14.7 Å². The molecule has 0 aliphatic carbocycles. The molecular formula is C7H10N2O4. The maximum absolute atomic E-state index is 10.3. The summed E-state index contributed by atoms with van der Waals surface area (Å²) >= 11 is 0. The molecule has 0 aliphatic rings. The highest BCUT2D eigenvalue weighted by atomic mass is 16.5. The smallest absolute Gasteiger partial charge is 0.377 e. The number of aromatic carboxylic acids is 1. The molecule has 1 aromatic rings. The Labute approximate surface area is 74.5 Å². The van der Waals surface area contributed by atoms with Crippen molar-refractivity contribution in [3.63, 3.8) is 0 Å². The van der Waals surface area contributed by atoms with Crippen molar-refractivity contribution in [2.45, 2.75) is 26.6 Å². The molecule has 0 amide bonds. The first kappa shape index (κ1) is 9.66. The highest BCUT2D eigenvalue weighted by molar-refractivity contribution is 5.82. The summed E-state index contributed by atoms with van der Waals surface area (Å²) in [5, 5.41) is 11.7. The Hall–Kier alpha value is -1.43. The van der Waals surface area contributed by atoms with Crippen molar-refractivity contribution >= 4 is 5.97 Å². The molecule has 0 unspecified atom stereocenters. The second-order valence-electron chi connectivity index (χ2n) is 2.68. The topological polar surface area (TPSA) is 85.5 Å². The van der Waals surface area contributed by atoms with Gasteiger partial charge in [-0.2, -0.15) is 4.98 Å². The molecule has 0 saturated carbocycles. The van der Waals surface area contributed by atoms with Gasteiger partial charge in [0.1, 0.15) is 6.61 Å². The lowest BCUT2D eigenvalue weighted by Gasteiger charge is -2.02. The molecule has 1 N–H and O–H groups in total. The summed E-state index contributed by atoms with van der Waals surface area (Å²) in [6, 6.07) is 0. The molecule has 0 saturated heterocycles. The molecule has 0 atom stereocenters. The van der Waals surface area contributed by atoms with Crippen LogP contribution in [0.2, 0.25) is 0 Å². The van der Waals surface area contributed by atoms with E-state index >= 15 is 0 Å². The van der Waals surface area contributed by atoms with Gasteiger partial charge in [0.05, 0.1) is 6.10 Å². The molecule has 0 aromatic carbocycles. The zero-order valence-electron chi connectivity index (χ0n) is 7.35. The van der Waals surface area contributed by atoms with E-state index in [1.807, 2.05) is 13.8 Å². The molecular weight excluding hydrogens is 176 g/mol. The van der Waals surface area contributed by atoms with Gasteiger partial charge in [0, 0.05) is 0 Å². The minimum absolute atomic E-state index is 0.0418. The summed E-state index contributed by atoms with van der Waals surface area (Å²) < 4.78 is 9.74. The molecule has 0 spiro atoms. The summed E-state index contributed by atoms with van der Waals surface area (Å²) in [7, 11) is 0. The number of rotatable bonds is 4. The van der Waals surface area contributed by atoms with Crippen molar-refractivity contribution in [3.05, 3.63) is 11.7 Å². The van der Waals surface area contributed by atoms with Crippen molar-refractivity contribution in [1.82, 2.24) is 10.1 Å². The highest BCUT2D eigenvalue weighted by Gasteiger charge is 2.12. The number of carboxylic acids is 1. The summed E-state index contributed by atoms with van der Waals surface area (Å²) in [5.41, 5.74) is 0. The van der Waals surface area contributed by atoms with Crippen LogP contribution < -0.4 is 0 Å². The number of hydrogen-bond donors (Lipinski definition) is 1. The Morgan fingerprint density at radius 3 is 2.85 bits per heavy atom. The fraction of sp³-hybridized carbons (Fsp3) is 0.571. The number of hydrogen-bond acceptors (Lipinski definition) is 5. The fourth-order valence-electron chi connectivity index (χ4n) is 0.638. The zero-order valence-corrected chi connectivity index (χ0v) is 7.35. The van der Waals surface area contributed by atoms with Crippen LogP contribution in [-0.2, 0) is 11.3 Å². The molecule has 1 aromatic heterocycles. The Morgan fingerprint density at radius 1 is 1.69 bits per heavy atom. The lowest BCUT2D eigenvalue weighted by molar-refractivity contribution is 0.0485. The van der Waals surface area contributed by atoms with E-state index in [1.54, 1.807) is 0 Å². The van der Waals surface area contributed by atoms with Gasteiger partial charge in [0.2, 0.25) is 0 Å². The SMILES string of the molecule is CC(C)OCc1nc(C(=O)O)no1. The maximum atomic E-state index is 10.3. The van der Waals surface area contributed by atoms with Gasteiger partial charge in [-0.3, -0.25) is 0 Å². The van der Waals surface area contributed by atoms with Gasteiger partial charge in [-0.1, -0.05) is 0 Å².